The van der Waals surface area contributed by atoms with Gasteiger partial charge in [0, 0.05) is 25.1 Å². The molecule has 0 saturated carbocycles. The molecule has 0 bridgehead atoms. The molecule has 0 atom stereocenters. The zero-order valence-corrected chi connectivity index (χ0v) is 17.5. The SMILES string of the molecule is O=C(NCCc1nc2ccccc2n1Cc1ccc2ccccc2c1)c1ccc(F)cc1. The zero-order valence-electron chi connectivity index (χ0n) is 17.5. The van der Waals surface area contributed by atoms with E-state index in [-0.39, 0.29) is 11.7 Å². The van der Waals surface area contributed by atoms with E-state index in [2.05, 4.69) is 46.3 Å². The van der Waals surface area contributed by atoms with Crippen LogP contribution in [0.25, 0.3) is 21.8 Å². The van der Waals surface area contributed by atoms with Gasteiger partial charge in [-0.2, -0.15) is 0 Å². The Balaban J connectivity index is 1.37. The molecule has 4 aromatic carbocycles. The fourth-order valence-electron chi connectivity index (χ4n) is 4.00. The van der Waals surface area contributed by atoms with Crippen LogP contribution in [0, 0.1) is 5.82 Å². The first-order chi connectivity index (χ1) is 15.7. The lowest BCUT2D eigenvalue weighted by molar-refractivity contribution is 0.0954. The van der Waals surface area contributed by atoms with E-state index in [1.807, 2.05) is 30.3 Å². The number of nitrogens with zero attached hydrogens (tertiary/aromatic N) is 2. The summed E-state index contributed by atoms with van der Waals surface area (Å²) in [4.78, 5) is 17.2. The predicted octanol–water partition coefficient (Wildman–Crippen LogP) is 5.35. The largest absolute Gasteiger partial charge is 0.352 e. The van der Waals surface area contributed by atoms with Crippen molar-refractivity contribution >= 4 is 27.7 Å². The van der Waals surface area contributed by atoms with Crippen LogP contribution in [0.3, 0.4) is 0 Å². The first-order valence-electron chi connectivity index (χ1n) is 10.6. The maximum Gasteiger partial charge on any atom is 0.251 e. The fraction of sp³-hybridized carbons (Fsp3) is 0.111. The number of amides is 1. The molecule has 0 aliphatic carbocycles. The quantitative estimate of drug-likeness (QED) is 0.400. The number of hydrogen-bond acceptors (Lipinski definition) is 2. The average molecular weight is 423 g/mol. The Morgan fingerprint density at radius 3 is 2.47 bits per heavy atom. The van der Waals surface area contributed by atoms with Crippen molar-refractivity contribution in [2.24, 2.45) is 0 Å². The Hall–Kier alpha value is -3.99. The molecule has 0 radical (unpaired) electrons. The van der Waals surface area contributed by atoms with Crippen molar-refractivity contribution in [3.05, 3.63) is 114 Å². The number of carbonyl (C=O) groups is 1. The molecular weight excluding hydrogens is 401 g/mol. The minimum atomic E-state index is -0.357. The molecule has 0 spiro atoms. The van der Waals surface area contributed by atoms with Gasteiger partial charge in [-0.3, -0.25) is 4.79 Å². The van der Waals surface area contributed by atoms with Gasteiger partial charge in [0.2, 0.25) is 0 Å². The second-order valence-electron chi connectivity index (χ2n) is 7.80. The Morgan fingerprint density at radius 1 is 0.875 bits per heavy atom. The van der Waals surface area contributed by atoms with Gasteiger partial charge in [-0.25, -0.2) is 9.37 Å². The minimum Gasteiger partial charge on any atom is -0.352 e. The molecule has 158 valence electrons. The van der Waals surface area contributed by atoms with Gasteiger partial charge in [-0.05, 0) is 58.8 Å². The van der Waals surface area contributed by atoms with Crippen LogP contribution >= 0.6 is 0 Å². The Bertz CT molecular complexity index is 1410. The zero-order chi connectivity index (χ0) is 21.9. The van der Waals surface area contributed by atoms with E-state index < -0.39 is 0 Å². The molecular formula is C27H22FN3O. The Kier molecular flexibility index (Phi) is 5.38. The van der Waals surface area contributed by atoms with Crippen LogP contribution in [0.2, 0.25) is 0 Å². The number of nitrogens with one attached hydrogen (secondary N) is 1. The molecule has 5 rings (SSSR count). The predicted molar refractivity (Wildman–Crippen MR) is 125 cm³/mol. The van der Waals surface area contributed by atoms with Crippen molar-refractivity contribution in [3.8, 4) is 0 Å². The van der Waals surface area contributed by atoms with Gasteiger partial charge < -0.3 is 9.88 Å². The van der Waals surface area contributed by atoms with E-state index in [9.17, 15) is 9.18 Å². The number of halogens is 1. The number of carbonyl (C=O) groups excluding carboxylic acids is 1. The van der Waals surface area contributed by atoms with Crippen molar-refractivity contribution in [1.82, 2.24) is 14.9 Å². The van der Waals surface area contributed by atoms with Crippen LogP contribution in [-0.4, -0.2) is 22.0 Å². The van der Waals surface area contributed by atoms with E-state index in [4.69, 9.17) is 4.98 Å². The maximum absolute atomic E-state index is 13.1. The molecule has 5 aromatic rings. The lowest BCUT2D eigenvalue weighted by atomic mass is 10.1. The molecule has 1 heterocycles. The van der Waals surface area contributed by atoms with Gasteiger partial charge >= 0.3 is 0 Å². The van der Waals surface area contributed by atoms with Crippen molar-refractivity contribution < 1.29 is 9.18 Å². The molecule has 32 heavy (non-hydrogen) atoms. The summed E-state index contributed by atoms with van der Waals surface area (Å²) in [5, 5.41) is 5.34. The van der Waals surface area contributed by atoms with Crippen LogP contribution in [0.4, 0.5) is 4.39 Å². The van der Waals surface area contributed by atoms with Gasteiger partial charge in [0.1, 0.15) is 11.6 Å². The van der Waals surface area contributed by atoms with E-state index >= 15 is 0 Å². The summed E-state index contributed by atoms with van der Waals surface area (Å²) in [6.07, 6.45) is 0.592. The van der Waals surface area contributed by atoms with Gasteiger partial charge in [0.05, 0.1) is 11.0 Å². The summed E-state index contributed by atoms with van der Waals surface area (Å²) in [5.74, 6) is 0.338. The van der Waals surface area contributed by atoms with Crippen molar-refractivity contribution in [2.75, 3.05) is 6.54 Å². The second kappa shape index (κ2) is 8.63. The summed E-state index contributed by atoms with van der Waals surface area (Å²) in [6.45, 7) is 1.14. The molecule has 1 amide bonds. The summed E-state index contributed by atoms with van der Waals surface area (Å²) >= 11 is 0. The standard InChI is InChI=1S/C27H22FN3O/c28-23-13-11-21(12-14-23)27(32)29-16-15-26-30-24-7-3-4-8-25(24)31(26)18-19-9-10-20-5-1-2-6-22(20)17-19/h1-14,17H,15-16,18H2,(H,29,32). The molecule has 4 nitrogen and oxygen atoms in total. The second-order valence-corrected chi connectivity index (χ2v) is 7.80. The van der Waals surface area contributed by atoms with E-state index in [0.717, 1.165) is 16.9 Å². The lowest BCUT2D eigenvalue weighted by Gasteiger charge is -2.11. The van der Waals surface area contributed by atoms with E-state index in [0.29, 0.717) is 25.1 Å². The normalized spacial score (nSPS) is 11.2. The number of fused-ring (bicyclic) bond motifs is 2. The number of benzene rings is 4. The molecule has 0 saturated heterocycles. The topological polar surface area (TPSA) is 46.9 Å². The third-order valence-electron chi connectivity index (χ3n) is 5.63. The smallest absolute Gasteiger partial charge is 0.251 e. The molecule has 0 unspecified atom stereocenters. The van der Waals surface area contributed by atoms with Crippen molar-refractivity contribution in [2.45, 2.75) is 13.0 Å². The third-order valence-corrected chi connectivity index (χ3v) is 5.63. The van der Waals surface area contributed by atoms with E-state index in [1.54, 1.807) is 0 Å². The highest BCUT2D eigenvalue weighted by molar-refractivity contribution is 5.94. The first kappa shape index (κ1) is 19.9. The molecule has 0 aliphatic heterocycles. The van der Waals surface area contributed by atoms with Crippen molar-refractivity contribution in [3.63, 3.8) is 0 Å². The highest BCUT2D eigenvalue weighted by Gasteiger charge is 2.12. The summed E-state index contributed by atoms with van der Waals surface area (Å²) in [5.41, 5.74) is 3.65. The summed E-state index contributed by atoms with van der Waals surface area (Å²) < 4.78 is 15.3. The van der Waals surface area contributed by atoms with Gasteiger partial charge in [0.25, 0.3) is 5.91 Å². The highest BCUT2D eigenvalue weighted by Crippen LogP contribution is 2.21. The maximum atomic E-state index is 13.1. The highest BCUT2D eigenvalue weighted by atomic mass is 19.1. The molecule has 1 aromatic heterocycles. The number of rotatable bonds is 6. The monoisotopic (exact) mass is 423 g/mol. The van der Waals surface area contributed by atoms with Crippen LogP contribution in [0.15, 0.2) is 91.0 Å². The molecule has 1 N–H and O–H groups in total. The number of aromatic nitrogens is 2. The number of imidazole rings is 1. The lowest BCUT2D eigenvalue weighted by Crippen LogP contribution is -2.26. The first-order valence-corrected chi connectivity index (χ1v) is 10.6. The van der Waals surface area contributed by atoms with Crippen LogP contribution in [-0.2, 0) is 13.0 Å². The van der Waals surface area contributed by atoms with Crippen LogP contribution in [0.1, 0.15) is 21.7 Å². The minimum absolute atomic E-state index is 0.220. The fourth-order valence-corrected chi connectivity index (χ4v) is 4.00. The number of para-hydroxylation sites is 2. The molecule has 0 aliphatic rings. The average Bonchev–Trinajstić information content (AvgIpc) is 3.16. The van der Waals surface area contributed by atoms with Gasteiger partial charge in [0.15, 0.2) is 0 Å². The van der Waals surface area contributed by atoms with Gasteiger partial charge in [-0.15, -0.1) is 0 Å². The van der Waals surface area contributed by atoms with Gasteiger partial charge in [-0.1, -0.05) is 48.5 Å². The number of hydrogen-bond donors (Lipinski definition) is 1. The van der Waals surface area contributed by atoms with Crippen molar-refractivity contribution in [1.29, 1.82) is 0 Å². The molecule has 5 heteroatoms. The van der Waals surface area contributed by atoms with Crippen LogP contribution < -0.4 is 5.32 Å². The van der Waals surface area contributed by atoms with Crippen LogP contribution in [0.5, 0.6) is 0 Å². The summed E-state index contributed by atoms with van der Waals surface area (Å²) in [7, 11) is 0. The van der Waals surface area contributed by atoms with E-state index in [1.165, 1.54) is 40.6 Å². The third kappa shape index (κ3) is 4.10. The Labute approximate surface area is 185 Å². The summed E-state index contributed by atoms with van der Waals surface area (Å²) in [6, 6.07) is 28.5. The molecule has 0 fully saturated rings. The Morgan fingerprint density at radius 2 is 1.62 bits per heavy atom.